The molecule has 0 aliphatic carbocycles. The minimum atomic E-state index is 0.777. The molecule has 0 saturated carbocycles. The van der Waals surface area contributed by atoms with Crippen LogP contribution >= 0.6 is 0 Å². The Morgan fingerprint density at radius 3 is 2.89 bits per heavy atom. The van der Waals surface area contributed by atoms with Gasteiger partial charge in [-0.05, 0) is 25.5 Å². The van der Waals surface area contributed by atoms with Gasteiger partial charge in [0, 0.05) is 37.8 Å². The number of imidazole rings is 1. The van der Waals surface area contributed by atoms with Gasteiger partial charge in [0.05, 0.1) is 0 Å². The molecule has 0 bridgehead atoms. The zero-order valence-electron chi connectivity index (χ0n) is 10.7. The Kier molecular flexibility index (Phi) is 4.78. The molecule has 0 aliphatic heterocycles. The molecule has 4 heteroatoms. The molecule has 0 amide bonds. The number of benzene rings is 1. The highest BCUT2D eigenvalue weighted by molar-refractivity contribution is 5.52. The maximum absolute atomic E-state index is 5.34. The molecule has 1 aromatic heterocycles. The van der Waals surface area contributed by atoms with Gasteiger partial charge in [0.15, 0.2) is 0 Å². The van der Waals surface area contributed by atoms with Gasteiger partial charge in [0.1, 0.15) is 0 Å². The van der Waals surface area contributed by atoms with Gasteiger partial charge < -0.3 is 14.6 Å². The molecule has 2 aromatic rings. The third-order valence-electron chi connectivity index (χ3n) is 2.64. The van der Waals surface area contributed by atoms with Crippen molar-refractivity contribution in [2.45, 2.75) is 19.9 Å². The van der Waals surface area contributed by atoms with Crippen LogP contribution in [0.1, 0.15) is 13.3 Å². The number of ether oxygens (including phenoxy) is 1. The van der Waals surface area contributed by atoms with Gasteiger partial charge in [0.25, 0.3) is 0 Å². The topological polar surface area (TPSA) is 39.1 Å². The first-order valence-electron chi connectivity index (χ1n) is 6.31. The lowest BCUT2D eigenvalue weighted by atomic mass is 10.3. The van der Waals surface area contributed by atoms with Crippen LogP contribution < -0.4 is 5.32 Å². The zero-order chi connectivity index (χ0) is 12.6. The minimum Gasteiger partial charge on any atom is -0.382 e. The predicted molar refractivity (Wildman–Crippen MR) is 73.1 cm³/mol. The van der Waals surface area contributed by atoms with E-state index in [9.17, 15) is 0 Å². The van der Waals surface area contributed by atoms with Crippen LogP contribution in [0.5, 0.6) is 0 Å². The van der Waals surface area contributed by atoms with E-state index in [1.165, 1.54) is 0 Å². The Labute approximate surface area is 108 Å². The van der Waals surface area contributed by atoms with Gasteiger partial charge in [-0.3, -0.25) is 0 Å². The van der Waals surface area contributed by atoms with Crippen molar-refractivity contribution in [2.24, 2.45) is 0 Å². The van der Waals surface area contributed by atoms with E-state index in [1.54, 1.807) is 0 Å². The fourth-order valence-electron chi connectivity index (χ4n) is 1.75. The molecule has 0 radical (unpaired) electrons. The van der Waals surface area contributed by atoms with Gasteiger partial charge in [-0.1, -0.05) is 18.2 Å². The van der Waals surface area contributed by atoms with Gasteiger partial charge in [0.2, 0.25) is 5.95 Å². The van der Waals surface area contributed by atoms with Crippen LogP contribution in [0.25, 0.3) is 0 Å². The van der Waals surface area contributed by atoms with E-state index in [0.29, 0.717) is 0 Å². The lowest BCUT2D eigenvalue weighted by Crippen LogP contribution is -2.05. The molecule has 0 spiro atoms. The SMILES string of the molecule is CCOCCCn1ccnc1Nc1ccccc1. The van der Waals surface area contributed by atoms with Crippen LogP contribution in [0.2, 0.25) is 0 Å². The first kappa shape index (κ1) is 12.6. The molecule has 0 unspecified atom stereocenters. The van der Waals surface area contributed by atoms with Crippen molar-refractivity contribution in [1.82, 2.24) is 9.55 Å². The van der Waals surface area contributed by atoms with Crippen molar-refractivity contribution >= 4 is 11.6 Å². The third-order valence-corrected chi connectivity index (χ3v) is 2.64. The second-order valence-corrected chi connectivity index (χ2v) is 3.99. The van der Waals surface area contributed by atoms with Crippen LogP contribution in [0.15, 0.2) is 42.7 Å². The highest BCUT2D eigenvalue weighted by atomic mass is 16.5. The molecule has 4 nitrogen and oxygen atoms in total. The number of rotatable bonds is 7. The van der Waals surface area contributed by atoms with E-state index in [2.05, 4.69) is 14.9 Å². The fourth-order valence-corrected chi connectivity index (χ4v) is 1.75. The van der Waals surface area contributed by atoms with Crippen molar-refractivity contribution < 1.29 is 4.74 Å². The number of nitrogens with one attached hydrogen (secondary N) is 1. The Bertz CT molecular complexity index is 453. The molecule has 1 heterocycles. The van der Waals surface area contributed by atoms with E-state index < -0.39 is 0 Å². The molecule has 96 valence electrons. The number of aryl methyl sites for hydroxylation is 1. The largest absolute Gasteiger partial charge is 0.382 e. The summed E-state index contributed by atoms with van der Waals surface area (Å²) in [5, 5.41) is 3.30. The zero-order valence-corrected chi connectivity index (χ0v) is 10.7. The van der Waals surface area contributed by atoms with Gasteiger partial charge in [-0.2, -0.15) is 0 Å². The smallest absolute Gasteiger partial charge is 0.207 e. The first-order chi connectivity index (χ1) is 8.90. The second-order valence-electron chi connectivity index (χ2n) is 3.99. The van der Waals surface area contributed by atoms with E-state index in [0.717, 1.165) is 37.8 Å². The summed E-state index contributed by atoms with van der Waals surface area (Å²) in [6.45, 7) is 4.49. The number of anilines is 2. The van der Waals surface area contributed by atoms with Gasteiger partial charge in [-0.25, -0.2) is 4.98 Å². The lowest BCUT2D eigenvalue weighted by Gasteiger charge is -2.09. The molecule has 2 rings (SSSR count). The van der Waals surface area contributed by atoms with Crippen LogP contribution in [0.3, 0.4) is 0 Å². The normalized spacial score (nSPS) is 10.5. The highest BCUT2D eigenvalue weighted by Gasteiger charge is 2.02. The monoisotopic (exact) mass is 245 g/mol. The van der Waals surface area contributed by atoms with Crippen molar-refractivity contribution in [2.75, 3.05) is 18.5 Å². The first-order valence-corrected chi connectivity index (χ1v) is 6.31. The Balaban J connectivity index is 1.91. The van der Waals surface area contributed by atoms with E-state index in [1.807, 2.05) is 49.6 Å². The summed E-state index contributed by atoms with van der Waals surface area (Å²) in [4.78, 5) is 4.32. The summed E-state index contributed by atoms with van der Waals surface area (Å²) in [7, 11) is 0. The lowest BCUT2D eigenvalue weighted by molar-refractivity contribution is 0.142. The van der Waals surface area contributed by atoms with Crippen molar-refractivity contribution in [1.29, 1.82) is 0 Å². The number of aromatic nitrogens is 2. The Morgan fingerprint density at radius 2 is 2.11 bits per heavy atom. The van der Waals surface area contributed by atoms with E-state index >= 15 is 0 Å². The molecule has 0 aliphatic rings. The fraction of sp³-hybridized carbons (Fsp3) is 0.357. The van der Waals surface area contributed by atoms with Crippen LogP contribution in [-0.2, 0) is 11.3 Å². The molecule has 0 atom stereocenters. The standard InChI is InChI=1S/C14H19N3O/c1-2-18-12-6-10-17-11-9-15-14(17)16-13-7-4-3-5-8-13/h3-5,7-9,11H,2,6,10,12H2,1H3,(H,15,16). The quantitative estimate of drug-likeness (QED) is 0.762. The van der Waals surface area contributed by atoms with Gasteiger partial charge in [-0.15, -0.1) is 0 Å². The number of hydrogen-bond donors (Lipinski definition) is 1. The molecule has 1 N–H and O–H groups in total. The predicted octanol–water partition coefficient (Wildman–Crippen LogP) is 3.05. The molecular formula is C14H19N3O. The molecule has 0 fully saturated rings. The highest BCUT2D eigenvalue weighted by Crippen LogP contribution is 2.14. The van der Waals surface area contributed by atoms with Crippen molar-refractivity contribution in [3.05, 3.63) is 42.7 Å². The minimum absolute atomic E-state index is 0.777. The van der Waals surface area contributed by atoms with Crippen LogP contribution in [-0.4, -0.2) is 22.8 Å². The second kappa shape index (κ2) is 6.81. The Morgan fingerprint density at radius 1 is 1.28 bits per heavy atom. The average molecular weight is 245 g/mol. The number of nitrogens with zero attached hydrogens (tertiary/aromatic N) is 2. The summed E-state index contributed by atoms with van der Waals surface area (Å²) in [6, 6.07) is 10.1. The van der Waals surface area contributed by atoms with E-state index in [-0.39, 0.29) is 0 Å². The summed E-state index contributed by atoms with van der Waals surface area (Å²) < 4.78 is 7.44. The number of para-hydroxylation sites is 1. The summed E-state index contributed by atoms with van der Waals surface area (Å²) in [6.07, 6.45) is 4.79. The maximum atomic E-state index is 5.34. The van der Waals surface area contributed by atoms with Crippen molar-refractivity contribution in [3.63, 3.8) is 0 Å². The number of hydrogen-bond acceptors (Lipinski definition) is 3. The maximum Gasteiger partial charge on any atom is 0.207 e. The van der Waals surface area contributed by atoms with Crippen LogP contribution in [0.4, 0.5) is 11.6 Å². The van der Waals surface area contributed by atoms with E-state index in [4.69, 9.17) is 4.74 Å². The van der Waals surface area contributed by atoms with Gasteiger partial charge >= 0.3 is 0 Å². The third kappa shape index (κ3) is 3.60. The molecule has 1 aromatic carbocycles. The molecule has 0 saturated heterocycles. The van der Waals surface area contributed by atoms with Crippen molar-refractivity contribution in [3.8, 4) is 0 Å². The Hall–Kier alpha value is -1.81. The molecule has 18 heavy (non-hydrogen) atoms. The summed E-state index contributed by atoms with van der Waals surface area (Å²) >= 11 is 0. The summed E-state index contributed by atoms with van der Waals surface area (Å²) in [5.41, 5.74) is 1.05. The van der Waals surface area contributed by atoms with Crippen LogP contribution in [0, 0.1) is 0 Å². The summed E-state index contributed by atoms with van der Waals surface area (Å²) in [5.74, 6) is 0.873. The average Bonchev–Trinajstić information content (AvgIpc) is 2.83. The molecular weight excluding hydrogens is 226 g/mol.